The van der Waals surface area contributed by atoms with Crippen molar-refractivity contribution < 1.29 is 23.7 Å². The highest BCUT2D eigenvalue weighted by atomic mass is 16.6. The molecule has 1 saturated heterocycles. The molecule has 0 radical (unpaired) electrons. The summed E-state index contributed by atoms with van der Waals surface area (Å²) in [5, 5.41) is 0. The first kappa shape index (κ1) is 28.8. The van der Waals surface area contributed by atoms with Crippen LogP contribution in [-0.2, 0) is 50.1 Å². The highest BCUT2D eigenvalue weighted by molar-refractivity contribution is 5.18. The van der Waals surface area contributed by atoms with Gasteiger partial charge in [0.2, 0.25) is 0 Å². The summed E-state index contributed by atoms with van der Waals surface area (Å²) < 4.78 is 32.6. The van der Waals surface area contributed by atoms with Crippen molar-refractivity contribution in [3.63, 3.8) is 0 Å². The van der Waals surface area contributed by atoms with Gasteiger partial charge in [-0.05, 0) is 35.3 Å². The average molecular weight is 551 g/mol. The summed E-state index contributed by atoms with van der Waals surface area (Å²) in [7, 11) is 0. The van der Waals surface area contributed by atoms with Crippen molar-refractivity contribution in [2.75, 3.05) is 6.61 Å². The van der Waals surface area contributed by atoms with Gasteiger partial charge in [0.25, 0.3) is 0 Å². The number of benzene rings is 4. The molecule has 5 rings (SSSR count). The first-order valence-electron chi connectivity index (χ1n) is 14.2. The molecule has 4 aromatic rings. The molecule has 4 atom stereocenters. The first-order chi connectivity index (χ1) is 20.3. The second kappa shape index (κ2) is 15.3. The quantitative estimate of drug-likeness (QED) is 0.175. The minimum Gasteiger partial charge on any atom is -0.487 e. The van der Waals surface area contributed by atoms with Crippen LogP contribution in [0.2, 0.25) is 0 Å². The zero-order valence-electron chi connectivity index (χ0n) is 23.5. The maximum atomic E-state index is 6.67. The predicted molar refractivity (Wildman–Crippen MR) is 160 cm³/mol. The minimum atomic E-state index is -0.449. The second-order valence-electron chi connectivity index (χ2n) is 10.1. The molecule has 0 amide bonds. The normalized spacial score (nSPS) is 21.4. The fraction of sp³-hybridized carbons (Fsp3) is 0.278. The molecule has 0 saturated carbocycles. The standard InChI is InChI=1S/C36H38O5/c1-2-32-34(38-24-29-17-9-4-10-18-29)36(40-26-31-21-13-6-14-22-31)35(39-25-30-19-11-5-12-20-30)33(41-32)27-37-23-28-15-7-3-8-16-28/h2-22,33-36H,23-27H2,1H3/b32-2+/t33-,34+,35-,36-/m1/s1. The Morgan fingerprint density at radius 3 is 1.41 bits per heavy atom. The van der Waals surface area contributed by atoms with E-state index in [1.807, 2.05) is 85.8 Å². The first-order valence-corrected chi connectivity index (χ1v) is 14.2. The summed E-state index contributed by atoms with van der Waals surface area (Å²) in [5.74, 6) is 0.729. The zero-order chi connectivity index (χ0) is 28.1. The molecule has 212 valence electrons. The van der Waals surface area contributed by atoms with Gasteiger partial charge in [0.15, 0.2) is 6.10 Å². The summed E-state index contributed by atoms with van der Waals surface area (Å²) in [6, 6.07) is 40.6. The van der Waals surface area contributed by atoms with E-state index < -0.39 is 18.3 Å². The summed E-state index contributed by atoms with van der Waals surface area (Å²) in [5.41, 5.74) is 4.36. The fourth-order valence-electron chi connectivity index (χ4n) is 4.94. The van der Waals surface area contributed by atoms with Crippen LogP contribution in [0.25, 0.3) is 0 Å². The predicted octanol–water partition coefficient (Wildman–Crippen LogP) is 7.26. The summed E-state index contributed by atoms with van der Waals surface area (Å²) in [6.45, 7) is 4.08. The van der Waals surface area contributed by atoms with E-state index in [4.69, 9.17) is 23.7 Å². The molecule has 1 heterocycles. The molecule has 0 aliphatic carbocycles. The van der Waals surface area contributed by atoms with Gasteiger partial charge in [-0.15, -0.1) is 0 Å². The van der Waals surface area contributed by atoms with E-state index in [1.165, 1.54) is 0 Å². The van der Waals surface area contributed by atoms with E-state index in [9.17, 15) is 0 Å². The number of rotatable bonds is 13. The van der Waals surface area contributed by atoms with Gasteiger partial charge in [0.05, 0.1) is 33.0 Å². The Balaban J connectivity index is 1.39. The Labute approximate surface area is 243 Å². The van der Waals surface area contributed by atoms with Gasteiger partial charge in [-0.2, -0.15) is 0 Å². The molecule has 4 aromatic carbocycles. The lowest BCUT2D eigenvalue weighted by molar-refractivity contribution is -0.223. The van der Waals surface area contributed by atoms with Crippen LogP contribution in [0.5, 0.6) is 0 Å². The van der Waals surface area contributed by atoms with E-state index in [0.717, 1.165) is 28.0 Å². The number of hydrogen-bond acceptors (Lipinski definition) is 5. The lowest BCUT2D eigenvalue weighted by Crippen LogP contribution is -2.56. The van der Waals surface area contributed by atoms with Gasteiger partial charge in [0, 0.05) is 0 Å². The van der Waals surface area contributed by atoms with Crippen LogP contribution < -0.4 is 0 Å². The Bertz CT molecular complexity index is 1310. The third-order valence-electron chi connectivity index (χ3n) is 7.08. The molecule has 5 nitrogen and oxygen atoms in total. The molecular formula is C36H38O5. The van der Waals surface area contributed by atoms with Crippen LogP contribution in [0.15, 0.2) is 133 Å². The molecule has 0 N–H and O–H groups in total. The number of allylic oxidation sites excluding steroid dienone is 1. The van der Waals surface area contributed by atoms with Gasteiger partial charge in [0.1, 0.15) is 24.1 Å². The highest BCUT2D eigenvalue weighted by Gasteiger charge is 2.46. The summed E-state index contributed by atoms with van der Waals surface area (Å²) >= 11 is 0. The number of hydrogen-bond donors (Lipinski definition) is 0. The lowest BCUT2D eigenvalue weighted by atomic mass is 9.96. The van der Waals surface area contributed by atoms with Crippen LogP contribution >= 0.6 is 0 Å². The van der Waals surface area contributed by atoms with Gasteiger partial charge in [-0.25, -0.2) is 0 Å². The Morgan fingerprint density at radius 1 is 0.537 bits per heavy atom. The second-order valence-corrected chi connectivity index (χ2v) is 10.1. The molecule has 1 aliphatic heterocycles. The molecule has 0 bridgehead atoms. The van der Waals surface area contributed by atoms with Gasteiger partial charge >= 0.3 is 0 Å². The van der Waals surface area contributed by atoms with Gasteiger partial charge in [-0.1, -0.05) is 121 Å². The Hall–Kier alpha value is -3.74. The minimum absolute atomic E-state index is 0.349. The molecular weight excluding hydrogens is 512 g/mol. The van der Waals surface area contributed by atoms with Crippen molar-refractivity contribution in [3.8, 4) is 0 Å². The van der Waals surface area contributed by atoms with Crippen molar-refractivity contribution in [2.24, 2.45) is 0 Å². The SMILES string of the molecule is C/C=C1/O[C@H](COCc2ccccc2)[C@@H](OCc2ccccc2)[C@H](OCc2ccccc2)[C@H]1OCc1ccccc1. The summed E-state index contributed by atoms with van der Waals surface area (Å²) in [6.07, 6.45) is 0.277. The largest absolute Gasteiger partial charge is 0.487 e. The van der Waals surface area contributed by atoms with Crippen LogP contribution in [0.1, 0.15) is 29.2 Å². The van der Waals surface area contributed by atoms with E-state index in [-0.39, 0.29) is 6.10 Å². The van der Waals surface area contributed by atoms with E-state index in [1.54, 1.807) is 0 Å². The van der Waals surface area contributed by atoms with Crippen molar-refractivity contribution in [3.05, 3.63) is 155 Å². The van der Waals surface area contributed by atoms with Crippen LogP contribution in [0.3, 0.4) is 0 Å². The van der Waals surface area contributed by atoms with E-state index in [0.29, 0.717) is 33.0 Å². The van der Waals surface area contributed by atoms with Crippen molar-refractivity contribution in [2.45, 2.75) is 57.8 Å². The lowest BCUT2D eigenvalue weighted by Gasteiger charge is -2.43. The number of ether oxygens (including phenoxy) is 5. The van der Waals surface area contributed by atoms with Gasteiger partial charge in [-0.3, -0.25) is 0 Å². The highest BCUT2D eigenvalue weighted by Crippen LogP contribution is 2.33. The topological polar surface area (TPSA) is 46.2 Å². The Kier molecular flexibility index (Phi) is 10.7. The van der Waals surface area contributed by atoms with Crippen LogP contribution in [0, 0.1) is 0 Å². The molecule has 0 aromatic heterocycles. The van der Waals surface area contributed by atoms with Crippen molar-refractivity contribution in [1.82, 2.24) is 0 Å². The maximum Gasteiger partial charge on any atom is 0.150 e. The third-order valence-corrected chi connectivity index (χ3v) is 7.08. The molecule has 1 aliphatic rings. The van der Waals surface area contributed by atoms with E-state index >= 15 is 0 Å². The van der Waals surface area contributed by atoms with Crippen molar-refractivity contribution >= 4 is 0 Å². The molecule has 0 unspecified atom stereocenters. The Morgan fingerprint density at radius 2 is 0.951 bits per heavy atom. The molecule has 41 heavy (non-hydrogen) atoms. The maximum absolute atomic E-state index is 6.67. The fourth-order valence-corrected chi connectivity index (χ4v) is 4.94. The zero-order valence-corrected chi connectivity index (χ0v) is 23.5. The van der Waals surface area contributed by atoms with E-state index in [2.05, 4.69) is 48.5 Å². The molecule has 0 spiro atoms. The average Bonchev–Trinajstić information content (AvgIpc) is 3.04. The third kappa shape index (κ3) is 8.38. The van der Waals surface area contributed by atoms with Crippen molar-refractivity contribution in [1.29, 1.82) is 0 Å². The monoisotopic (exact) mass is 550 g/mol. The van der Waals surface area contributed by atoms with Gasteiger partial charge < -0.3 is 23.7 Å². The summed E-state index contributed by atoms with van der Waals surface area (Å²) in [4.78, 5) is 0. The van der Waals surface area contributed by atoms with Crippen LogP contribution in [-0.4, -0.2) is 31.0 Å². The smallest absolute Gasteiger partial charge is 0.150 e. The molecule has 5 heteroatoms. The molecule has 1 fully saturated rings. The van der Waals surface area contributed by atoms with Crippen LogP contribution in [0.4, 0.5) is 0 Å².